The van der Waals surface area contributed by atoms with Crippen LogP contribution < -0.4 is 5.73 Å². The first-order valence-electron chi connectivity index (χ1n) is 6.23. The molecule has 3 nitrogen and oxygen atoms in total. The summed E-state index contributed by atoms with van der Waals surface area (Å²) in [5.74, 6) is -0.380. The molecule has 0 spiro atoms. The summed E-state index contributed by atoms with van der Waals surface area (Å²) in [6.45, 7) is 0.567. The van der Waals surface area contributed by atoms with Gasteiger partial charge >= 0.3 is 0 Å². The minimum Gasteiger partial charge on any atom is -0.369 e. The highest BCUT2D eigenvalue weighted by atomic mass is 32.2. The van der Waals surface area contributed by atoms with Crippen molar-refractivity contribution < 1.29 is 8.78 Å². The van der Waals surface area contributed by atoms with Crippen LogP contribution in [0.15, 0.2) is 12.1 Å². The molecule has 0 fully saturated rings. The van der Waals surface area contributed by atoms with E-state index < -0.39 is 11.6 Å². The van der Waals surface area contributed by atoms with E-state index >= 15 is 0 Å². The molecule has 0 saturated carbocycles. The van der Waals surface area contributed by atoms with E-state index in [9.17, 15) is 8.78 Å². The number of anilines is 1. The van der Waals surface area contributed by atoms with Crippen molar-refractivity contribution in [3.8, 4) is 0 Å². The first-order valence-corrected chi connectivity index (χ1v) is 7.63. The second-order valence-electron chi connectivity index (χ2n) is 4.40. The van der Waals surface area contributed by atoms with Crippen LogP contribution in [0.2, 0.25) is 0 Å². The number of unbranched alkanes of at least 4 members (excludes halogenated alkanes) is 2. The van der Waals surface area contributed by atoms with E-state index in [4.69, 9.17) is 5.73 Å². The lowest BCUT2D eigenvalue weighted by atomic mass is 10.2. The number of fused-ring (bicyclic) bond motifs is 1. The molecule has 0 unspecified atom stereocenters. The quantitative estimate of drug-likeness (QED) is 0.827. The molecule has 1 aromatic carbocycles. The van der Waals surface area contributed by atoms with Gasteiger partial charge < -0.3 is 10.3 Å². The Morgan fingerprint density at radius 1 is 1.26 bits per heavy atom. The number of halogens is 2. The zero-order valence-corrected chi connectivity index (χ0v) is 11.6. The average molecular weight is 285 g/mol. The van der Waals surface area contributed by atoms with Gasteiger partial charge in [-0.15, -0.1) is 0 Å². The van der Waals surface area contributed by atoms with Crippen LogP contribution in [0.4, 0.5) is 14.7 Å². The van der Waals surface area contributed by atoms with Gasteiger partial charge in [0.2, 0.25) is 5.95 Å². The number of nitrogen functional groups attached to an aromatic ring is 1. The van der Waals surface area contributed by atoms with E-state index in [1.807, 2.05) is 0 Å². The second-order valence-corrected chi connectivity index (χ2v) is 5.39. The third-order valence-electron chi connectivity index (χ3n) is 3.06. The van der Waals surface area contributed by atoms with Crippen molar-refractivity contribution in [3.05, 3.63) is 23.8 Å². The lowest BCUT2D eigenvalue weighted by molar-refractivity contribution is 0.509. The van der Waals surface area contributed by atoms with Gasteiger partial charge in [0.15, 0.2) is 11.6 Å². The number of nitrogens with zero attached hydrogens (tertiary/aromatic N) is 2. The Bertz CT molecular complexity index is 569. The third-order valence-corrected chi connectivity index (χ3v) is 3.76. The maximum Gasteiger partial charge on any atom is 0.201 e. The Kier molecular flexibility index (Phi) is 4.63. The number of hydrogen-bond donors (Lipinski definition) is 1. The summed E-state index contributed by atoms with van der Waals surface area (Å²) in [6, 6.07) is 2.53. The summed E-state index contributed by atoms with van der Waals surface area (Å²) in [7, 11) is 0. The molecule has 0 atom stereocenters. The summed E-state index contributed by atoms with van der Waals surface area (Å²) in [6.07, 6.45) is 5.10. The van der Waals surface area contributed by atoms with Crippen molar-refractivity contribution in [3.63, 3.8) is 0 Å². The Morgan fingerprint density at radius 3 is 2.79 bits per heavy atom. The number of thioether (sulfide) groups is 1. The third kappa shape index (κ3) is 3.00. The Hall–Kier alpha value is -1.30. The van der Waals surface area contributed by atoms with Crippen LogP contribution in [0, 0.1) is 11.6 Å². The Morgan fingerprint density at radius 2 is 2.05 bits per heavy atom. The molecule has 2 N–H and O–H groups in total. The predicted octanol–water partition coefficient (Wildman–Crippen LogP) is 3.43. The predicted molar refractivity (Wildman–Crippen MR) is 76.3 cm³/mol. The fourth-order valence-corrected chi connectivity index (χ4v) is 2.59. The van der Waals surface area contributed by atoms with Gasteiger partial charge in [-0.3, -0.25) is 0 Å². The van der Waals surface area contributed by atoms with Crippen molar-refractivity contribution in [2.24, 2.45) is 0 Å². The van der Waals surface area contributed by atoms with Gasteiger partial charge in [-0.1, -0.05) is 6.42 Å². The van der Waals surface area contributed by atoms with E-state index in [0.717, 1.165) is 31.1 Å². The Balaban J connectivity index is 2.17. The Labute approximate surface area is 115 Å². The second kappa shape index (κ2) is 6.23. The topological polar surface area (TPSA) is 43.8 Å². The molecular formula is C13H17F2N3S. The standard InChI is InChI=1S/C13H17F2N3S/c1-19-8-4-2-3-7-18-12-10(17-13(18)16)6-5-9(14)11(12)15/h5-6H,2-4,7-8H2,1H3,(H2,16,17). The highest BCUT2D eigenvalue weighted by molar-refractivity contribution is 7.98. The smallest absolute Gasteiger partial charge is 0.201 e. The van der Waals surface area contributed by atoms with Crippen molar-refractivity contribution in [2.75, 3.05) is 17.7 Å². The summed E-state index contributed by atoms with van der Waals surface area (Å²) in [4.78, 5) is 4.06. The molecule has 0 aliphatic carbocycles. The van der Waals surface area contributed by atoms with Crippen molar-refractivity contribution >= 4 is 28.7 Å². The number of rotatable bonds is 6. The van der Waals surface area contributed by atoms with Gasteiger partial charge in [0.25, 0.3) is 0 Å². The van der Waals surface area contributed by atoms with Gasteiger partial charge in [0.05, 0.1) is 5.52 Å². The average Bonchev–Trinajstić information content (AvgIpc) is 2.71. The monoisotopic (exact) mass is 285 g/mol. The highest BCUT2D eigenvalue weighted by Gasteiger charge is 2.15. The van der Waals surface area contributed by atoms with Gasteiger partial charge in [-0.2, -0.15) is 11.8 Å². The van der Waals surface area contributed by atoms with Crippen LogP contribution >= 0.6 is 11.8 Å². The van der Waals surface area contributed by atoms with E-state index in [2.05, 4.69) is 11.2 Å². The van der Waals surface area contributed by atoms with E-state index in [-0.39, 0.29) is 11.5 Å². The number of benzene rings is 1. The normalized spacial score (nSPS) is 11.3. The zero-order valence-electron chi connectivity index (χ0n) is 10.8. The van der Waals surface area contributed by atoms with Gasteiger partial charge in [0, 0.05) is 6.54 Å². The molecular weight excluding hydrogens is 268 g/mol. The molecule has 1 aromatic heterocycles. The number of nitrogens with two attached hydrogens (primary N) is 1. The molecule has 6 heteroatoms. The SMILES string of the molecule is CSCCCCCn1c(N)nc2ccc(F)c(F)c21. The van der Waals surface area contributed by atoms with Crippen LogP contribution in [0.1, 0.15) is 19.3 Å². The van der Waals surface area contributed by atoms with Crippen LogP contribution in [0.5, 0.6) is 0 Å². The molecule has 0 bridgehead atoms. The maximum atomic E-state index is 13.8. The van der Waals surface area contributed by atoms with E-state index in [1.165, 1.54) is 6.07 Å². The minimum absolute atomic E-state index is 0.169. The van der Waals surface area contributed by atoms with Crippen molar-refractivity contribution in [1.29, 1.82) is 0 Å². The zero-order chi connectivity index (χ0) is 13.8. The fraction of sp³-hybridized carbons (Fsp3) is 0.462. The molecule has 2 rings (SSSR count). The number of aromatic nitrogens is 2. The van der Waals surface area contributed by atoms with E-state index in [0.29, 0.717) is 12.1 Å². The number of aryl methyl sites for hydroxylation is 1. The summed E-state index contributed by atoms with van der Waals surface area (Å²) < 4.78 is 28.6. The molecule has 0 amide bonds. The molecule has 19 heavy (non-hydrogen) atoms. The van der Waals surface area contributed by atoms with Crippen LogP contribution in [-0.2, 0) is 6.54 Å². The molecule has 104 valence electrons. The summed E-state index contributed by atoms with van der Waals surface area (Å²) in [5, 5.41) is 0. The first-order chi connectivity index (χ1) is 9.15. The van der Waals surface area contributed by atoms with Gasteiger partial charge in [-0.25, -0.2) is 13.8 Å². The highest BCUT2D eigenvalue weighted by Crippen LogP contribution is 2.23. The fourth-order valence-electron chi connectivity index (χ4n) is 2.09. The largest absolute Gasteiger partial charge is 0.369 e. The van der Waals surface area contributed by atoms with Crippen molar-refractivity contribution in [1.82, 2.24) is 9.55 Å². The molecule has 0 radical (unpaired) electrons. The number of hydrogen-bond acceptors (Lipinski definition) is 3. The number of imidazole rings is 1. The van der Waals surface area contributed by atoms with Crippen LogP contribution in [0.3, 0.4) is 0 Å². The van der Waals surface area contributed by atoms with E-state index in [1.54, 1.807) is 16.3 Å². The molecule has 2 aromatic rings. The summed E-state index contributed by atoms with van der Waals surface area (Å²) in [5.41, 5.74) is 6.34. The first kappa shape index (κ1) is 14.1. The van der Waals surface area contributed by atoms with Crippen LogP contribution in [-0.4, -0.2) is 21.6 Å². The minimum atomic E-state index is -0.870. The van der Waals surface area contributed by atoms with Gasteiger partial charge in [0.1, 0.15) is 5.52 Å². The molecule has 0 aliphatic heterocycles. The lowest BCUT2D eigenvalue weighted by Gasteiger charge is -2.07. The molecule has 0 saturated heterocycles. The van der Waals surface area contributed by atoms with Gasteiger partial charge in [-0.05, 0) is 37.0 Å². The lowest BCUT2D eigenvalue weighted by Crippen LogP contribution is -2.05. The van der Waals surface area contributed by atoms with Crippen LogP contribution in [0.25, 0.3) is 11.0 Å². The molecule has 1 heterocycles. The molecule has 0 aliphatic rings. The summed E-state index contributed by atoms with van der Waals surface area (Å²) >= 11 is 1.81. The maximum absolute atomic E-state index is 13.8. The van der Waals surface area contributed by atoms with Crippen molar-refractivity contribution in [2.45, 2.75) is 25.8 Å².